The van der Waals surface area contributed by atoms with Crippen LogP contribution in [0.2, 0.25) is 0 Å². The first-order valence-electron chi connectivity index (χ1n) is 8.04. The van der Waals surface area contributed by atoms with Crippen molar-refractivity contribution in [3.8, 4) is 0 Å². The summed E-state index contributed by atoms with van der Waals surface area (Å²) in [5.74, 6) is 0.471. The number of nitrogens with one attached hydrogen (secondary N) is 2. The van der Waals surface area contributed by atoms with Crippen molar-refractivity contribution >= 4 is 24.2 Å². The predicted octanol–water partition coefficient (Wildman–Crippen LogP) is 1.70. The lowest BCUT2D eigenvalue weighted by Crippen LogP contribution is -2.47. The molecule has 0 radical (unpaired) electrons. The molecule has 2 saturated heterocycles. The van der Waals surface area contributed by atoms with Gasteiger partial charge in [0.2, 0.25) is 11.8 Å². The molecule has 2 unspecified atom stereocenters. The quantitative estimate of drug-likeness (QED) is 0.824. The first-order chi connectivity index (χ1) is 9.73. The van der Waals surface area contributed by atoms with E-state index in [4.69, 9.17) is 0 Å². The topological polar surface area (TPSA) is 61.4 Å². The third-order valence-electron chi connectivity index (χ3n) is 4.35. The first kappa shape index (κ1) is 19.2. The molecular weight excluding hydrogens is 302 g/mol. The van der Waals surface area contributed by atoms with E-state index >= 15 is 0 Å². The lowest BCUT2D eigenvalue weighted by atomic mass is 9.89. The third-order valence-corrected chi connectivity index (χ3v) is 4.35. The summed E-state index contributed by atoms with van der Waals surface area (Å²) in [6.45, 7) is 5.97. The van der Waals surface area contributed by atoms with Crippen LogP contribution in [-0.2, 0) is 9.59 Å². The van der Waals surface area contributed by atoms with Crippen molar-refractivity contribution in [3.63, 3.8) is 0 Å². The van der Waals surface area contributed by atoms with Crippen molar-refractivity contribution < 1.29 is 9.59 Å². The Morgan fingerprint density at radius 2 is 1.73 bits per heavy atom. The van der Waals surface area contributed by atoms with Crippen LogP contribution in [0.1, 0.15) is 52.9 Å². The van der Waals surface area contributed by atoms with E-state index in [1.807, 2.05) is 20.8 Å². The van der Waals surface area contributed by atoms with Gasteiger partial charge in [0.1, 0.15) is 0 Å². The van der Waals surface area contributed by atoms with Crippen LogP contribution in [-0.4, -0.2) is 47.9 Å². The number of halogens is 1. The Labute approximate surface area is 140 Å². The number of piperidine rings is 1. The summed E-state index contributed by atoms with van der Waals surface area (Å²) in [7, 11) is 1.72. The molecule has 2 bridgehead atoms. The molecule has 2 aliphatic heterocycles. The van der Waals surface area contributed by atoms with Gasteiger partial charge in [0.25, 0.3) is 0 Å². The number of hydrogen-bond donors (Lipinski definition) is 2. The highest BCUT2D eigenvalue weighted by atomic mass is 35.5. The molecule has 2 aliphatic rings. The summed E-state index contributed by atoms with van der Waals surface area (Å²) >= 11 is 0. The highest BCUT2D eigenvalue weighted by Gasteiger charge is 2.34. The molecule has 0 aliphatic carbocycles. The number of likely N-dealkylation sites (N-methyl/N-ethyl adjacent to an activating group) is 1. The van der Waals surface area contributed by atoms with Crippen LogP contribution in [0.3, 0.4) is 0 Å². The number of rotatable bonds is 4. The highest BCUT2D eigenvalue weighted by Crippen LogP contribution is 2.32. The Morgan fingerprint density at radius 3 is 2.23 bits per heavy atom. The fourth-order valence-corrected chi connectivity index (χ4v) is 3.51. The zero-order valence-electron chi connectivity index (χ0n) is 14.1. The van der Waals surface area contributed by atoms with Gasteiger partial charge in [0.15, 0.2) is 0 Å². The summed E-state index contributed by atoms with van der Waals surface area (Å²) in [5.41, 5.74) is -0.255. The molecule has 6 heteroatoms. The van der Waals surface area contributed by atoms with E-state index in [1.54, 1.807) is 11.9 Å². The van der Waals surface area contributed by atoms with Crippen LogP contribution >= 0.6 is 12.4 Å². The number of nitrogens with zero attached hydrogens (tertiary/aromatic N) is 1. The van der Waals surface area contributed by atoms with E-state index in [-0.39, 0.29) is 36.3 Å². The van der Waals surface area contributed by atoms with E-state index in [0.29, 0.717) is 24.4 Å². The second-order valence-corrected chi connectivity index (χ2v) is 7.73. The maximum Gasteiger partial charge on any atom is 0.240 e. The minimum Gasteiger partial charge on any atom is -0.350 e. The molecule has 2 N–H and O–H groups in total. The average Bonchev–Trinajstić information content (AvgIpc) is 2.66. The van der Waals surface area contributed by atoms with Gasteiger partial charge in [-0.1, -0.05) is 0 Å². The van der Waals surface area contributed by atoms with Crippen LogP contribution in [0.15, 0.2) is 0 Å². The second kappa shape index (κ2) is 7.64. The van der Waals surface area contributed by atoms with Gasteiger partial charge in [0, 0.05) is 31.1 Å². The summed E-state index contributed by atoms with van der Waals surface area (Å²) in [6.07, 6.45) is 5.28. The molecular formula is C16H30ClN3O2. The molecule has 5 nitrogen and oxygen atoms in total. The smallest absolute Gasteiger partial charge is 0.240 e. The molecule has 0 spiro atoms. The lowest BCUT2D eigenvalue weighted by molar-refractivity contribution is -0.136. The Hall–Kier alpha value is -0.810. The van der Waals surface area contributed by atoms with Crippen molar-refractivity contribution in [1.82, 2.24) is 15.5 Å². The Bertz CT molecular complexity index is 397. The molecule has 0 saturated carbocycles. The summed E-state index contributed by atoms with van der Waals surface area (Å²) in [5, 5.41) is 6.48. The van der Waals surface area contributed by atoms with Crippen LogP contribution < -0.4 is 10.6 Å². The van der Waals surface area contributed by atoms with Crippen LogP contribution in [0.4, 0.5) is 0 Å². The van der Waals surface area contributed by atoms with Gasteiger partial charge in [-0.05, 0) is 52.4 Å². The van der Waals surface area contributed by atoms with E-state index in [1.165, 1.54) is 12.8 Å². The number of fused-ring (bicyclic) bond motifs is 2. The Morgan fingerprint density at radius 1 is 1.18 bits per heavy atom. The minimum atomic E-state index is -0.255. The molecule has 2 atom stereocenters. The van der Waals surface area contributed by atoms with E-state index < -0.39 is 0 Å². The summed E-state index contributed by atoms with van der Waals surface area (Å²) in [6, 6.07) is 1.21. The molecule has 128 valence electrons. The third kappa shape index (κ3) is 5.76. The number of hydrogen-bond acceptors (Lipinski definition) is 3. The highest BCUT2D eigenvalue weighted by molar-refractivity contribution is 5.85. The van der Waals surface area contributed by atoms with Crippen LogP contribution in [0.25, 0.3) is 0 Å². The summed E-state index contributed by atoms with van der Waals surface area (Å²) in [4.78, 5) is 25.7. The molecule has 2 heterocycles. The van der Waals surface area contributed by atoms with E-state index in [2.05, 4.69) is 10.6 Å². The van der Waals surface area contributed by atoms with Gasteiger partial charge in [-0.15, -0.1) is 12.4 Å². The van der Waals surface area contributed by atoms with Crippen molar-refractivity contribution in [1.29, 1.82) is 0 Å². The van der Waals surface area contributed by atoms with Crippen molar-refractivity contribution in [2.45, 2.75) is 70.5 Å². The fourth-order valence-electron chi connectivity index (χ4n) is 3.51. The molecule has 2 rings (SSSR count). The average molecular weight is 332 g/mol. The molecule has 2 fully saturated rings. The van der Waals surface area contributed by atoms with Gasteiger partial charge in [-0.2, -0.15) is 0 Å². The van der Waals surface area contributed by atoms with E-state index in [0.717, 1.165) is 12.8 Å². The molecule has 0 aromatic rings. The maximum absolute atomic E-state index is 12.3. The van der Waals surface area contributed by atoms with Gasteiger partial charge >= 0.3 is 0 Å². The Kier molecular flexibility index (Phi) is 6.68. The SMILES string of the molecule is CN(CC(=O)NC(C)(C)C)C(=O)CC1CC2CCC(C1)N2.Cl. The standard InChI is InChI=1S/C16H29N3O2.ClH/c1-16(2,3)18-14(20)10-19(4)15(21)9-11-7-12-5-6-13(8-11)17-12;/h11-13,17H,5-10H2,1-4H3,(H,18,20);1H. The number of amides is 2. The normalized spacial score (nSPS) is 27.0. The van der Waals surface area contributed by atoms with Crippen molar-refractivity contribution in [2.24, 2.45) is 5.92 Å². The number of carbonyl (C=O) groups is 2. The molecule has 2 amide bonds. The van der Waals surface area contributed by atoms with Crippen LogP contribution in [0, 0.1) is 5.92 Å². The molecule has 0 aromatic carbocycles. The van der Waals surface area contributed by atoms with Crippen LogP contribution in [0.5, 0.6) is 0 Å². The monoisotopic (exact) mass is 331 g/mol. The zero-order valence-corrected chi connectivity index (χ0v) is 15.0. The van der Waals surface area contributed by atoms with Crippen molar-refractivity contribution in [2.75, 3.05) is 13.6 Å². The van der Waals surface area contributed by atoms with Gasteiger partial charge < -0.3 is 15.5 Å². The second-order valence-electron chi connectivity index (χ2n) is 7.73. The van der Waals surface area contributed by atoms with Gasteiger partial charge in [-0.3, -0.25) is 9.59 Å². The lowest BCUT2D eigenvalue weighted by Gasteiger charge is -2.30. The van der Waals surface area contributed by atoms with E-state index in [9.17, 15) is 9.59 Å². The zero-order chi connectivity index (χ0) is 15.6. The maximum atomic E-state index is 12.3. The molecule has 22 heavy (non-hydrogen) atoms. The minimum absolute atomic E-state index is 0. The molecule has 0 aromatic heterocycles. The van der Waals surface area contributed by atoms with Gasteiger partial charge in [0.05, 0.1) is 6.54 Å². The van der Waals surface area contributed by atoms with Crippen molar-refractivity contribution in [3.05, 3.63) is 0 Å². The summed E-state index contributed by atoms with van der Waals surface area (Å²) < 4.78 is 0. The Balaban J connectivity index is 0.00000242. The predicted molar refractivity (Wildman–Crippen MR) is 90.1 cm³/mol. The largest absolute Gasteiger partial charge is 0.350 e. The number of carbonyl (C=O) groups excluding carboxylic acids is 2. The fraction of sp³-hybridized carbons (Fsp3) is 0.875. The first-order valence-corrected chi connectivity index (χ1v) is 8.04. The van der Waals surface area contributed by atoms with Gasteiger partial charge in [-0.25, -0.2) is 0 Å².